The molecule has 2 aromatic rings. The second-order valence-electron chi connectivity index (χ2n) is 5.78. The Labute approximate surface area is 137 Å². The lowest BCUT2D eigenvalue weighted by Crippen LogP contribution is -2.17. The molecule has 1 aliphatic heterocycles. The molecule has 0 spiro atoms. The summed E-state index contributed by atoms with van der Waals surface area (Å²) >= 11 is 2.04. The quantitative estimate of drug-likeness (QED) is 0.694. The van der Waals surface area contributed by atoms with Gasteiger partial charge in [0.2, 0.25) is 0 Å². The van der Waals surface area contributed by atoms with Gasteiger partial charge in [0.05, 0.1) is 5.71 Å². The lowest BCUT2D eigenvalue weighted by molar-refractivity contribution is 0.591. The van der Waals surface area contributed by atoms with Crippen LogP contribution in [-0.2, 0) is 4.87 Å². The standard InChI is InChI=1S/C20H23NS/c1-3-15-20(17-13-9-6-10-14-17)21-19(18(4-2)22-20)16-11-7-5-8-12-16/h5-14,18H,3-4,15H2,1-2H3/t18-,20-/m0/s1. The fourth-order valence-electron chi connectivity index (χ4n) is 3.15. The van der Waals surface area contributed by atoms with Gasteiger partial charge >= 0.3 is 0 Å². The molecule has 1 aliphatic rings. The highest BCUT2D eigenvalue weighted by Crippen LogP contribution is 2.51. The fourth-order valence-corrected chi connectivity index (χ4v) is 4.83. The van der Waals surface area contributed by atoms with E-state index in [4.69, 9.17) is 4.99 Å². The maximum atomic E-state index is 5.28. The van der Waals surface area contributed by atoms with E-state index in [2.05, 4.69) is 74.5 Å². The largest absolute Gasteiger partial charge is 0.266 e. The Balaban J connectivity index is 2.07. The van der Waals surface area contributed by atoms with Crippen molar-refractivity contribution in [2.45, 2.75) is 43.2 Å². The van der Waals surface area contributed by atoms with E-state index in [1.807, 2.05) is 11.8 Å². The first-order chi connectivity index (χ1) is 10.8. The molecular formula is C20H23NS. The summed E-state index contributed by atoms with van der Waals surface area (Å²) in [6, 6.07) is 21.5. The summed E-state index contributed by atoms with van der Waals surface area (Å²) in [4.78, 5) is 5.17. The third kappa shape index (κ3) is 2.85. The van der Waals surface area contributed by atoms with Crippen molar-refractivity contribution in [1.82, 2.24) is 0 Å². The van der Waals surface area contributed by atoms with Crippen LogP contribution < -0.4 is 0 Å². The Morgan fingerprint density at radius 3 is 2.18 bits per heavy atom. The van der Waals surface area contributed by atoms with Crippen LogP contribution in [0.4, 0.5) is 0 Å². The maximum absolute atomic E-state index is 5.28. The van der Waals surface area contributed by atoms with Gasteiger partial charge in [-0.1, -0.05) is 80.9 Å². The van der Waals surface area contributed by atoms with Crippen molar-refractivity contribution in [3.05, 3.63) is 71.8 Å². The van der Waals surface area contributed by atoms with E-state index in [0.29, 0.717) is 5.25 Å². The molecule has 0 radical (unpaired) electrons. The smallest absolute Gasteiger partial charge is 0.132 e. The molecule has 114 valence electrons. The minimum atomic E-state index is -0.109. The Bertz CT molecular complexity index is 635. The van der Waals surface area contributed by atoms with Gasteiger partial charge in [0.1, 0.15) is 4.87 Å². The summed E-state index contributed by atoms with van der Waals surface area (Å²) in [5.74, 6) is 0. The molecule has 0 saturated heterocycles. The number of hydrogen-bond donors (Lipinski definition) is 0. The van der Waals surface area contributed by atoms with Gasteiger partial charge in [0, 0.05) is 5.25 Å². The number of rotatable bonds is 5. The second kappa shape index (κ2) is 6.70. The minimum absolute atomic E-state index is 0.109. The van der Waals surface area contributed by atoms with Gasteiger partial charge in [-0.05, 0) is 24.0 Å². The highest BCUT2D eigenvalue weighted by atomic mass is 32.2. The van der Waals surface area contributed by atoms with Crippen LogP contribution in [0.3, 0.4) is 0 Å². The lowest BCUT2D eigenvalue weighted by Gasteiger charge is -2.26. The number of nitrogens with zero attached hydrogens (tertiary/aromatic N) is 1. The van der Waals surface area contributed by atoms with Crippen LogP contribution in [0.1, 0.15) is 44.2 Å². The third-order valence-electron chi connectivity index (χ3n) is 4.20. The average Bonchev–Trinajstić information content (AvgIpc) is 2.97. The molecule has 22 heavy (non-hydrogen) atoms. The highest BCUT2D eigenvalue weighted by molar-refractivity contribution is 8.02. The van der Waals surface area contributed by atoms with E-state index in [1.54, 1.807) is 0 Å². The molecule has 0 aromatic heterocycles. The van der Waals surface area contributed by atoms with E-state index in [1.165, 1.54) is 16.8 Å². The zero-order valence-electron chi connectivity index (χ0n) is 13.3. The zero-order chi connectivity index (χ0) is 15.4. The molecular weight excluding hydrogens is 286 g/mol. The highest BCUT2D eigenvalue weighted by Gasteiger charge is 2.41. The van der Waals surface area contributed by atoms with Crippen molar-refractivity contribution < 1.29 is 0 Å². The summed E-state index contributed by atoms with van der Waals surface area (Å²) in [5, 5.41) is 0.481. The first kappa shape index (κ1) is 15.4. The van der Waals surface area contributed by atoms with Crippen LogP contribution in [0.25, 0.3) is 0 Å². The molecule has 0 fully saturated rings. The van der Waals surface area contributed by atoms with Crippen molar-refractivity contribution in [2.75, 3.05) is 0 Å². The molecule has 0 N–H and O–H groups in total. The van der Waals surface area contributed by atoms with Gasteiger partial charge < -0.3 is 0 Å². The third-order valence-corrected chi connectivity index (χ3v) is 5.96. The molecule has 0 unspecified atom stereocenters. The SMILES string of the molecule is CCC[C@]1(c2ccccc2)N=C(c2ccccc2)[C@H](CC)S1. The molecule has 0 saturated carbocycles. The number of thioether (sulfide) groups is 1. The van der Waals surface area contributed by atoms with Crippen LogP contribution in [-0.4, -0.2) is 11.0 Å². The molecule has 1 heterocycles. The lowest BCUT2D eigenvalue weighted by atomic mass is 10.0. The first-order valence-corrected chi connectivity index (χ1v) is 9.05. The van der Waals surface area contributed by atoms with Gasteiger partial charge in [-0.15, -0.1) is 11.8 Å². The van der Waals surface area contributed by atoms with E-state index >= 15 is 0 Å². The van der Waals surface area contributed by atoms with Crippen molar-refractivity contribution in [2.24, 2.45) is 4.99 Å². The average molecular weight is 309 g/mol. The molecule has 3 rings (SSSR count). The van der Waals surface area contributed by atoms with E-state index in [-0.39, 0.29) is 4.87 Å². The fraction of sp³-hybridized carbons (Fsp3) is 0.350. The summed E-state index contributed by atoms with van der Waals surface area (Å²) in [5.41, 5.74) is 3.88. The van der Waals surface area contributed by atoms with E-state index in [0.717, 1.165) is 19.3 Å². The Morgan fingerprint density at radius 2 is 1.59 bits per heavy atom. The van der Waals surface area contributed by atoms with Crippen molar-refractivity contribution in [3.63, 3.8) is 0 Å². The van der Waals surface area contributed by atoms with E-state index in [9.17, 15) is 0 Å². The van der Waals surface area contributed by atoms with Gasteiger partial charge in [-0.3, -0.25) is 4.99 Å². The predicted molar refractivity (Wildman–Crippen MR) is 97.7 cm³/mol. The van der Waals surface area contributed by atoms with E-state index < -0.39 is 0 Å². The molecule has 2 aromatic carbocycles. The summed E-state index contributed by atoms with van der Waals surface area (Å²) in [7, 11) is 0. The van der Waals surface area contributed by atoms with Gasteiger partial charge in [-0.25, -0.2) is 0 Å². The van der Waals surface area contributed by atoms with Crippen LogP contribution in [0.2, 0.25) is 0 Å². The van der Waals surface area contributed by atoms with Gasteiger partial charge in [0.15, 0.2) is 0 Å². The Morgan fingerprint density at radius 1 is 0.955 bits per heavy atom. The molecule has 2 heteroatoms. The van der Waals surface area contributed by atoms with Crippen LogP contribution in [0, 0.1) is 0 Å². The maximum Gasteiger partial charge on any atom is 0.132 e. The number of aliphatic imine (C=N–C) groups is 1. The van der Waals surface area contributed by atoms with Crippen LogP contribution >= 0.6 is 11.8 Å². The van der Waals surface area contributed by atoms with Crippen molar-refractivity contribution in [1.29, 1.82) is 0 Å². The molecule has 1 nitrogen and oxygen atoms in total. The van der Waals surface area contributed by atoms with Crippen LogP contribution in [0.5, 0.6) is 0 Å². The van der Waals surface area contributed by atoms with Crippen molar-refractivity contribution in [3.8, 4) is 0 Å². The van der Waals surface area contributed by atoms with Gasteiger partial charge in [0.25, 0.3) is 0 Å². The first-order valence-electron chi connectivity index (χ1n) is 8.17. The number of hydrogen-bond acceptors (Lipinski definition) is 2. The summed E-state index contributed by atoms with van der Waals surface area (Å²) in [6.07, 6.45) is 3.36. The topological polar surface area (TPSA) is 12.4 Å². The Hall–Kier alpha value is -1.54. The normalized spacial score (nSPS) is 24.3. The monoisotopic (exact) mass is 309 g/mol. The van der Waals surface area contributed by atoms with Crippen molar-refractivity contribution >= 4 is 17.5 Å². The number of benzene rings is 2. The summed E-state index contributed by atoms with van der Waals surface area (Å²) in [6.45, 7) is 4.52. The Kier molecular flexibility index (Phi) is 4.68. The summed E-state index contributed by atoms with van der Waals surface area (Å²) < 4.78 is 0. The molecule has 0 bridgehead atoms. The molecule has 0 aliphatic carbocycles. The second-order valence-corrected chi connectivity index (χ2v) is 7.26. The minimum Gasteiger partial charge on any atom is -0.266 e. The van der Waals surface area contributed by atoms with Crippen LogP contribution in [0.15, 0.2) is 65.7 Å². The van der Waals surface area contributed by atoms with Gasteiger partial charge in [-0.2, -0.15) is 0 Å². The molecule has 0 amide bonds. The molecule has 2 atom stereocenters. The zero-order valence-corrected chi connectivity index (χ0v) is 14.1. The predicted octanol–water partition coefficient (Wildman–Crippen LogP) is 5.65.